The fraction of sp³-hybridized carbons (Fsp3) is 0.923. The molecule has 7 heteroatoms. The van der Waals surface area contributed by atoms with Crippen LogP contribution in [0.5, 0.6) is 0 Å². The number of nitrogens with one attached hydrogen (secondary N) is 1. The number of nitrogens with zero attached hydrogens (tertiary/aromatic N) is 1. The second-order valence-electron chi connectivity index (χ2n) is 5.94. The molecule has 116 valence electrons. The van der Waals surface area contributed by atoms with Crippen LogP contribution in [0, 0.1) is 5.92 Å². The highest BCUT2D eigenvalue weighted by Crippen LogP contribution is 2.33. The molecule has 2 heterocycles. The van der Waals surface area contributed by atoms with Gasteiger partial charge >= 0.3 is 0 Å². The van der Waals surface area contributed by atoms with E-state index in [9.17, 15) is 13.2 Å². The predicted octanol–water partition coefficient (Wildman–Crippen LogP) is 0.340. The van der Waals surface area contributed by atoms with Crippen LogP contribution in [-0.2, 0) is 19.6 Å². The fourth-order valence-electron chi connectivity index (χ4n) is 2.90. The zero-order valence-corrected chi connectivity index (χ0v) is 13.1. The van der Waals surface area contributed by atoms with Gasteiger partial charge in [-0.05, 0) is 26.7 Å². The lowest BCUT2D eigenvalue weighted by molar-refractivity contribution is -0.127. The van der Waals surface area contributed by atoms with Gasteiger partial charge in [-0.15, -0.1) is 0 Å². The van der Waals surface area contributed by atoms with Crippen LogP contribution in [0.4, 0.5) is 0 Å². The summed E-state index contributed by atoms with van der Waals surface area (Å²) in [4.78, 5) is 12.1. The third kappa shape index (κ3) is 3.32. The van der Waals surface area contributed by atoms with Crippen LogP contribution in [0.3, 0.4) is 0 Å². The summed E-state index contributed by atoms with van der Waals surface area (Å²) in [6, 6.07) is 0.0860. The Morgan fingerprint density at radius 1 is 1.40 bits per heavy atom. The van der Waals surface area contributed by atoms with Gasteiger partial charge in [0.25, 0.3) is 0 Å². The van der Waals surface area contributed by atoms with Crippen molar-refractivity contribution in [3.8, 4) is 0 Å². The minimum Gasteiger partial charge on any atom is -0.371 e. The summed E-state index contributed by atoms with van der Waals surface area (Å²) in [6.45, 7) is 6.36. The van der Waals surface area contributed by atoms with E-state index in [0.717, 1.165) is 0 Å². The van der Waals surface area contributed by atoms with Crippen molar-refractivity contribution in [3.05, 3.63) is 0 Å². The first-order valence-corrected chi connectivity index (χ1v) is 8.88. The number of hydrogen-bond acceptors (Lipinski definition) is 4. The van der Waals surface area contributed by atoms with E-state index in [2.05, 4.69) is 5.32 Å². The third-order valence-electron chi connectivity index (χ3n) is 3.75. The Kier molecular flexibility index (Phi) is 4.71. The molecule has 2 aliphatic rings. The Bertz CT molecular complexity index is 463. The SMILES string of the molecule is CCCS(=O)(=O)N1C[C@@H]2C[C@@H](C(=O)NC(C)C)[C@H](C1)O2. The Morgan fingerprint density at radius 2 is 2.10 bits per heavy atom. The van der Waals surface area contributed by atoms with Crippen molar-refractivity contribution in [1.29, 1.82) is 0 Å². The molecule has 20 heavy (non-hydrogen) atoms. The van der Waals surface area contributed by atoms with Gasteiger partial charge in [-0.2, -0.15) is 4.31 Å². The maximum Gasteiger partial charge on any atom is 0.226 e. The molecule has 2 saturated heterocycles. The summed E-state index contributed by atoms with van der Waals surface area (Å²) in [5.41, 5.74) is 0. The summed E-state index contributed by atoms with van der Waals surface area (Å²) in [6.07, 6.45) is 0.760. The van der Waals surface area contributed by atoms with Gasteiger partial charge in [0.2, 0.25) is 15.9 Å². The van der Waals surface area contributed by atoms with Crippen LogP contribution >= 0.6 is 0 Å². The van der Waals surface area contributed by atoms with Crippen molar-refractivity contribution >= 4 is 15.9 Å². The number of ether oxygens (including phenoxy) is 1. The first kappa shape index (κ1) is 15.7. The van der Waals surface area contributed by atoms with Crippen molar-refractivity contribution in [2.75, 3.05) is 18.8 Å². The number of fused-ring (bicyclic) bond motifs is 2. The lowest BCUT2D eigenvalue weighted by Gasteiger charge is -2.32. The third-order valence-corrected chi connectivity index (χ3v) is 5.76. The van der Waals surface area contributed by atoms with E-state index >= 15 is 0 Å². The molecule has 2 rings (SSSR count). The molecule has 0 aliphatic carbocycles. The van der Waals surface area contributed by atoms with Crippen LogP contribution in [0.15, 0.2) is 0 Å². The molecular formula is C13H24N2O4S. The lowest BCUT2D eigenvalue weighted by atomic mass is 9.99. The van der Waals surface area contributed by atoms with Crippen molar-refractivity contribution in [2.24, 2.45) is 5.92 Å². The summed E-state index contributed by atoms with van der Waals surface area (Å²) in [5, 5.41) is 2.89. The first-order valence-electron chi connectivity index (χ1n) is 7.27. The highest BCUT2D eigenvalue weighted by Gasteiger charge is 2.47. The molecule has 1 amide bonds. The quantitative estimate of drug-likeness (QED) is 0.795. The summed E-state index contributed by atoms with van der Waals surface area (Å²) < 4.78 is 31.5. The molecule has 0 saturated carbocycles. The van der Waals surface area contributed by atoms with Crippen LogP contribution in [0.2, 0.25) is 0 Å². The van der Waals surface area contributed by atoms with Gasteiger partial charge in [-0.3, -0.25) is 4.79 Å². The Balaban J connectivity index is 2.04. The molecule has 2 bridgehead atoms. The molecule has 3 atom stereocenters. The average Bonchev–Trinajstić information content (AvgIpc) is 2.63. The molecule has 0 unspecified atom stereocenters. The summed E-state index contributed by atoms with van der Waals surface area (Å²) in [5.74, 6) is -0.0959. The van der Waals surface area contributed by atoms with Crippen LogP contribution < -0.4 is 5.32 Å². The van der Waals surface area contributed by atoms with E-state index in [1.165, 1.54) is 4.31 Å². The number of carbonyl (C=O) groups excluding carboxylic acids is 1. The number of sulfonamides is 1. The van der Waals surface area contributed by atoms with Crippen LogP contribution in [-0.4, -0.2) is 55.7 Å². The monoisotopic (exact) mass is 304 g/mol. The van der Waals surface area contributed by atoms with E-state index in [1.54, 1.807) is 0 Å². The van der Waals surface area contributed by atoms with E-state index in [-0.39, 0.29) is 35.8 Å². The first-order chi connectivity index (χ1) is 9.33. The van der Waals surface area contributed by atoms with Gasteiger partial charge in [-0.25, -0.2) is 8.42 Å². The van der Waals surface area contributed by atoms with Crippen molar-refractivity contribution in [1.82, 2.24) is 9.62 Å². The van der Waals surface area contributed by atoms with E-state index in [1.807, 2.05) is 20.8 Å². The maximum atomic E-state index is 12.1. The molecule has 0 aromatic heterocycles. The minimum absolute atomic E-state index is 0.0257. The van der Waals surface area contributed by atoms with Crippen molar-refractivity contribution < 1.29 is 17.9 Å². The standard InChI is InChI=1S/C13H24N2O4S/c1-4-5-20(17,18)15-7-10-6-11(12(8-15)19-10)13(16)14-9(2)3/h9-12H,4-8H2,1-3H3,(H,14,16)/t10-,11+,12-/m0/s1. The highest BCUT2D eigenvalue weighted by molar-refractivity contribution is 7.89. The van der Waals surface area contributed by atoms with Gasteiger partial charge in [0.1, 0.15) is 0 Å². The number of hydrogen-bond donors (Lipinski definition) is 1. The maximum absolute atomic E-state index is 12.1. The second kappa shape index (κ2) is 5.99. The molecular weight excluding hydrogens is 280 g/mol. The van der Waals surface area contributed by atoms with Crippen LogP contribution in [0.25, 0.3) is 0 Å². The Morgan fingerprint density at radius 3 is 2.70 bits per heavy atom. The van der Waals surface area contributed by atoms with Gasteiger partial charge in [0, 0.05) is 19.1 Å². The molecule has 2 aliphatic heterocycles. The van der Waals surface area contributed by atoms with Gasteiger partial charge in [-0.1, -0.05) is 6.92 Å². The second-order valence-corrected chi connectivity index (χ2v) is 8.02. The van der Waals surface area contributed by atoms with Crippen LogP contribution in [0.1, 0.15) is 33.6 Å². The number of carbonyl (C=O) groups is 1. The predicted molar refractivity (Wildman–Crippen MR) is 75.7 cm³/mol. The molecule has 2 fully saturated rings. The number of amides is 1. The molecule has 1 N–H and O–H groups in total. The topological polar surface area (TPSA) is 75.7 Å². The smallest absolute Gasteiger partial charge is 0.226 e. The lowest BCUT2D eigenvalue weighted by Crippen LogP contribution is -2.48. The molecule has 6 nitrogen and oxygen atoms in total. The molecule has 0 aromatic carbocycles. The molecule has 0 spiro atoms. The average molecular weight is 304 g/mol. The highest BCUT2D eigenvalue weighted by atomic mass is 32.2. The summed E-state index contributed by atoms with van der Waals surface area (Å²) in [7, 11) is -3.21. The molecule has 0 aromatic rings. The zero-order chi connectivity index (χ0) is 14.9. The fourth-order valence-corrected chi connectivity index (χ4v) is 4.45. The normalized spacial score (nSPS) is 30.7. The van der Waals surface area contributed by atoms with E-state index in [4.69, 9.17) is 4.74 Å². The Labute approximate surface area is 120 Å². The zero-order valence-electron chi connectivity index (χ0n) is 12.3. The summed E-state index contributed by atoms with van der Waals surface area (Å²) >= 11 is 0. The van der Waals surface area contributed by atoms with Gasteiger partial charge in [0.05, 0.1) is 23.9 Å². The molecule has 0 radical (unpaired) electrons. The number of morpholine rings is 1. The van der Waals surface area contributed by atoms with Gasteiger partial charge in [0.15, 0.2) is 0 Å². The van der Waals surface area contributed by atoms with E-state index in [0.29, 0.717) is 25.9 Å². The van der Waals surface area contributed by atoms with Crippen molar-refractivity contribution in [3.63, 3.8) is 0 Å². The van der Waals surface area contributed by atoms with E-state index < -0.39 is 10.0 Å². The van der Waals surface area contributed by atoms with Crippen molar-refractivity contribution in [2.45, 2.75) is 51.9 Å². The largest absolute Gasteiger partial charge is 0.371 e. The Hall–Kier alpha value is -0.660. The minimum atomic E-state index is -3.21. The van der Waals surface area contributed by atoms with Gasteiger partial charge < -0.3 is 10.1 Å². The number of rotatable bonds is 5.